The lowest BCUT2D eigenvalue weighted by Gasteiger charge is -2.18. The third-order valence-corrected chi connectivity index (χ3v) is 4.04. The van der Waals surface area contributed by atoms with Gasteiger partial charge in [0.25, 0.3) is 0 Å². The van der Waals surface area contributed by atoms with Gasteiger partial charge in [-0.1, -0.05) is 0 Å². The van der Waals surface area contributed by atoms with Gasteiger partial charge in [-0.3, -0.25) is 0 Å². The number of anilines is 2. The van der Waals surface area contributed by atoms with Gasteiger partial charge >= 0.3 is 6.55 Å². The van der Waals surface area contributed by atoms with Crippen LogP contribution in [0.2, 0.25) is 0 Å². The molecule has 0 unspecified atom stereocenters. The Morgan fingerprint density at radius 2 is 2.17 bits per heavy atom. The van der Waals surface area contributed by atoms with Gasteiger partial charge in [-0.05, 0) is 20.4 Å². The standard InChI is InChI=1S/C14H19F2N7/c1-8-10(7-23(21-8)13(15)16)11-5-12(20-14(17)19-11)22-4-3-9(6-22)18-2/h5,7,9,13,18H,3-4,6H2,1-2H3,(H2,17,19,20)/t9-/m1/s1. The summed E-state index contributed by atoms with van der Waals surface area (Å²) in [6.45, 7) is 0.660. The molecule has 0 aromatic carbocycles. The van der Waals surface area contributed by atoms with Crippen LogP contribution in [-0.4, -0.2) is 45.9 Å². The second-order valence-electron chi connectivity index (χ2n) is 5.58. The molecule has 124 valence electrons. The van der Waals surface area contributed by atoms with Gasteiger partial charge in [0.05, 0.1) is 11.4 Å². The van der Waals surface area contributed by atoms with E-state index in [1.54, 1.807) is 13.0 Å². The van der Waals surface area contributed by atoms with Gasteiger partial charge in [0, 0.05) is 37.0 Å². The average molecular weight is 323 g/mol. The lowest BCUT2D eigenvalue weighted by molar-refractivity contribution is 0.0563. The third-order valence-electron chi connectivity index (χ3n) is 4.04. The van der Waals surface area contributed by atoms with Crippen molar-refractivity contribution in [3.8, 4) is 11.3 Å². The van der Waals surface area contributed by atoms with E-state index in [-0.39, 0.29) is 5.95 Å². The highest BCUT2D eigenvalue weighted by atomic mass is 19.3. The van der Waals surface area contributed by atoms with E-state index < -0.39 is 6.55 Å². The molecule has 0 spiro atoms. The van der Waals surface area contributed by atoms with Gasteiger partial charge in [0.15, 0.2) is 0 Å². The Morgan fingerprint density at radius 3 is 2.78 bits per heavy atom. The fourth-order valence-electron chi connectivity index (χ4n) is 2.79. The first-order valence-electron chi connectivity index (χ1n) is 7.39. The molecule has 2 aromatic heterocycles. The number of nitrogens with two attached hydrogens (primary N) is 1. The van der Waals surface area contributed by atoms with Crippen LogP contribution in [0, 0.1) is 6.92 Å². The second kappa shape index (κ2) is 6.07. The highest BCUT2D eigenvalue weighted by molar-refractivity contribution is 5.66. The number of aromatic nitrogens is 4. The molecule has 23 heavy (non-hydrogen) atoms. The first-order valence-corrected chi connectivity index (χ1v) is 7.39. The van der Waals surface area contributed by atoms with Crippen LogP contribution in [0.5, 0.6) is 0 Å². The number of hydrogen-bond acceptors (Lipinski definition) is 6. The third kappa shape index (κ3) is 3.09. The SMILES string of the molecule is CN[C@@H]1CCN(c2cc(-c3cn(C(F)F)nc3C)nc(N)n2)C1. The van der Waals surface area contributed by atoms with E-state index in [9.17, 15) is 8.78 Å². The van der Waals surface area contributed by atoms with Crippen molar-refractivity contribution < 1.29 is 8.78 Å². The minimum absolute atomic E-state index is 0.120. The topological polar surface area (TPSA) is 84.9 Å². The van der Waals surface area contributed by atoms with Crippen molar-refractivity contribution in [1.82, 2.24) is 25.1 Å². The number of nitrogen functional groups attached to an aromatic ring is 1. The Balaban J connectivity index is 1.95. The number of likely N-dealkylation sites (N-methyl/N-ethyl adjacent to an activating group) is 1. The average Bonchev–Trinajstić information content (AvgIpc) is 3.13. The molecule has 1 atom stereocenters. The normalized spacial score (nSPS) is 18.1. The largest absolute Gasteiger partial charge is 0.368 e. The van der Waals surface area contributed by atoms with E-state index in [2.05, 4.69) is 25.3 Å². The van der Waals surface area contributed by atoms with E-state index in [4.69, 9.17) is 5.73 Å². The number of aryl methyl sites for hydroxylation is 1. The maximum Gasteiger partial charge on any atom is 0.333 e. The highest BCUT2D eigenvalue weighted by Crippen LogP contribution is 2.28. The van der Waals surface area contributed by atoms with Crippen LogP contribution in [0.3, 0.4) is 0 Å². The highest BCUT2D eigenvalue weighted by Gasteiger charge is 2.23. The van der Waals surface area contributed by atoms with Gasteiger partial charge in [-0.25, -0.2) is 9.67 Å². The van der Waals surface area contributed by atoms with Crippen LogP contribution in [-0.2, 0) is 0 Å². The van der Waals surface area contributed by atoms with Gasteiger partial charge in [-0.2, -0.15) is 18.9 Å². The van der Waals surface area contributed by atoms with Crippen LogP contribution in [0.4, 0.5) is 20.5 Å². The molecule has 0 bridgehead atoms. The molecule has 3 rings (SSSR count). The maximum atomic E-state index is 12.8. The summed E-state index contributed by atoms with van der Waals surface area (Å²) in [5.41, 5.74) is 7.32. The van der Waals surface area contributed by atoms with Gasteiger partial charge in [0.1, 0.15) is 5.82 Å². The first-order chi connectivity index (χ1) is 11.0. The fraction of sp³-hybridized carbons (Fsp3) is 0.500. The summed E-state index contributed by atoms with van der Waals surface area (Å²) in [7, 11) is 1.93. The van der Waals surface area contributed by atoms with Crippen molar-refractivity contribution in [2.24, 2.45) is 0 Å². The van der Waals surface area contributed by atoms with E-state index in [0.29, 0.717) is 33.5 Å². The number of nitrogens with one attached hydrogen (secondary N) is 1. The summed E-state index contributed by atoms with van der Waals surface area (Å²) < 4.78 is 26.2. The quantitative estimate of drug-likeness (QED) is 0.885. The summed E-state index contributed by atoms with van der Waals surface area (Å²) in [5, 5.41) is 7.05. The summed E-state index contributed by atoms with van der Waals surface area (Å²) in [4.78, 5) is 10.6. The molecule has 9 heteroatoms. The van der Waals surface area contributed by atoms with Crippen LogP contribution >= 0.6 is 0 Å². The predicted octanol–water partition coefficient (Wildman–Crippen LogP) is 1.42. The zero-order chi connectivity index (χ0) is 16.6. The Labute approximate surface area is 132 Å². The summed E-state index contributed by atoms with van der Waals surface area (Å²) >= 11 is 0. The minimum atomic E-state index is -2.68. The van der Waals surface area contributed by atoms with E-state index in [1.807, 2.05) is 7.05 Å². The van der Waals surface area contributed by atoms with E-state index in [0.717, 1.165) is 19.5 Å². The molecular weight excluding hydrogens is 304 g/mol. The van der Waals surface area contributed by atoms with Crippen LogP contribution in [0.25, 0.3) is 11.3 Å². The predicted molar refractivity (Wildman–Crippen MR) is 83.3 cm³/mol. The van der Waals surface area contributed by atoms with Crippen molar-refractivity contribution in [2.45, 2.75) is 25.9 Å². The number of alkyl halides is 2. The van der Waals surface area contributed by atoms with Gasteiger partial charge in [0.2, 0.25) is 5.95 Å². The monoisotopic (exact) mass is 323 g/mol. The van der Waals surface area contributed by atoms with Gasteiger partial charge in [-0.15, -0.1) is 0 Å². The molecule has 1 aliphatic heterocycles. The minimum Gasteiger partial charge on any atom is -0.368 e. The first kappa shape index (κ1) is 15.6. The second-order valence-corrected chi connectivity index (χ2v) is 5.58. The van der Waals surface area contributed by atoms with Crippen molar-refractivity contribution in [1.29, 1.82) is 0 Å². The zero-order valence-corrected chi connectivity index (χ0v) is 13.0. The molecule has 0 radical (unpaired) electrons. The molecule has 0 aliphatic carbocycles. The van der Waals surface area contributed by atoms with Crippen molar-refractivity contribution >= 4 is 11.8 Å². The lowest BCUT2D eigenvalue weighted by Crippen LogP contribution is -2.30. The lowest BCUT2D eigenvalue weighted by atomic mass is 10.2. The number of hydrogen-bond donors (Lipinski definition) is 2. The molecule has 1 aliphatic rings. The van der Waals surface area contributed by atoms with Crippen molar-refractivity contribution in [2.75, 3.05) is 30.8 Å². The molecule has 0 saturated carbocycles. The summed E-state index contributed by atoms with van der Waals surface area (Å²) in [6.07, 6.45) is 2.30. The number of rotatable bonds is 4. The van der Waals surface area contributed by atoms with E-state index in [1.165, 1.54) is 6.20 Å². The molecular formula is C14H19F2N7. The van der Waals surface area contributed by atoms with Gasteiger partial charge < -0.3 is 16.0 Å². The molecule has 7 nitrogen and oxygen atoms in total. The molecule has 1 saturated heterocycles. The number of halogens is 2. The molecule has 1 fully saturated rings. The molecule has 2 aromatic rings. The maximum absolute atomic E-state index is 12.8. The number of nitrogens with zero attached hydrogens (tertiary/aromatic N) is 5. The van der Waals surface area contributed by atoms with Crippen LogP contribution < -0.4 is 16.0 Å². The van der Waals surface area contributed by atoms with Crippen molar-refractivity contribution in [3.05, 3.63) is 18.0 Å². The molecule has 3 N–H and O–H groups in total. The summed E-state index contributed by atoms with van der Waals surface area (Å²) in [5.74, 6) is 0.823. The molecule has 0 amide bonds. The molecule has 3 heterocycles. The fourth-order valence-corrected chi connectivity index (χ4v) is 2.79. The smallest absolute Gasteiger partial charge is 0.333 e. The Bertz CT molecular complexity index is 700. The Kier molecular flexibility index (Phi) is 4.12. The van der Waals surface area contributed by atoms with Crippen LogP contribution in [0.1, 0.15) is 18.7 Å². The van der Waals surface area contributed by atoms with E-state index >= 15 is 0 Å². The van der Waals surface area contributed by atoms with Crippen molar-refractivity contribution in [3.63, 3.8) is 0 Å². The Hall–Kier alpha value is -2.29. The zero-order valence-electron chi connectivity index (χ0n) is 13.0. The summed E-state index contributed by atoms with van der Waals surface area (Å²) in [6, 6.07) is 2.17. The Morgan fingerprint density at radius 1 is 1.39 bits per heavy atom. The van der Waals surface area contributed by atoms with Crippen LogP contribution in [0.15, 0.2) is 12.3 Å².